The molecule has 1 fully saturated rings. The molecule has 18 heavy (non-hydrogen) atoms. The first-order valence-corrected chi connectivity index (χ1v) is 6.36. The summed E-state index contributed by atoms with van der Waals surface area (Å²) in [7, 11) is 0. The lowest BCUT2D eigenvalue weighted by Crippen LogP contribution is -2.30. The molecule has 1 aliphatic carbocycles. The molecule has 5 nitrogen and oxygen atoms in total. The van der Waals surface area contributed by atoms with E-state index in [1.165, 1.54) is 0 Å². The monoisotopic (exact) mass is 249 g/mol. The van der Waals surface area contributed by atoms with E-state index >= 15 is 0 Å². The highest BCUT2D eigenvalue weighted by atomic mass is 16.4. The normalized spacial score (nSPS) is 23.7. The van der Waals surface area contributed by atoms with E-state index in [1.54, 1.807) is 0 Å². The fraction of sp³-hybridized carbons (Fsp3) is 0.615. The molecule has 0 radical (unpaired) electrons. The average molecular weight is 249 g/mol. The summed E-state index contributed by atoms with van der Waals surface area (Å²) in [6.07, 6.45) is 3.20. The number of hydrogen-bond donors (Lipinski definition) is 2. The molecule has 0 bridgehead atoms. The number of aliphatic carboxylic acids is 1. The lowest BCUT2D eigenvalue weighted by atomic mass is 9.86. The van der Waals surface area contributed by atoms with Gasteiger partial charge in [0.1, 0.15) is 0 Å². The predicted octanol–water partition coefficient (Wildman–Crippen LogP) is 2.15. The SMILES string of the molecule is Cc1cc(C)nc(NC2CCC(C(=O)O)CC2)n1. The van der Waals surface area contributed by atoms with E-state index in [-0.39, 0.29) is 5.92 Å². The van der Waals surface area contributed by atoms with Gasteiger partial charge in [0.05, 0.1) is 5.92 Å². The van der Waals surface area contributed by atoms with Crippen LogP contribution in [0.1, 0.15) is 37.1 Å². The van der Waals surface area contributed by atoms with E-state index in [1.807, 2.05) is 19.9 Å². The Bertz CT molecular complexity index is 420. The lowest BCUT2D eigenvalue weighted by molar-refractivity contribution is -0.142. The number of nitrogens with zero attached hydrogens (tertiary/aromatic N) is 2. The zero-order chi connectivity index (χ0) is 13.1. The Hall–Kier alpha value is -1.65. The van der Waals surface area contributed by atoms with Crippen LogP contribution >= 0.6 is 0 Å². The van der Waals surface area contributed by atoms with Gasteiger partial charge in [-0.15, -0.1) is 0 Å². The van der Waals surface area contributed by atoms with Crippen molar-refractivity contribution < 1.29 is 9.90 Å². The van der Waals surface area contributed by atoms with Gasteiger partial charge in [-0.1, -0.05) is 0 Å². The quantitative estimate of drug-likeness (QED) is 0.858. The summed E-state index contributed by atoms with van der Waals surface area (Å²) in [5.74, 6) is -0.189. The standard InChI is InChI=1S/C13H19N3O2/c1-8-7-9(2)15-13(14-8)16-11-5-3-10(4-6-11)12(17)18/h7,10-11H,3-6H2,1-2H3,(H,17,18)(H,14,15,16). The van der Waals surface area contributed by atoms with Crippen molar-refractivity contribution in [3.63, 3.8) is 0 Å². The summed E-state index contributed by atoms with van der Waals surface area (Å²) in [5.41, 5.74) is 1.90. The van der Waals surface area contributed by atoms with Crippen LogP contribution < -0.4 is 5.32 Å². The molecule has 2 rings (SSSR count). The van der Waals surface area contributed by atoms with Crippen LogP contribution in [0.3, 0.4) is 0 Å². The third kappa shape index (κ3) is 3.18. The number of carboxylic acid groups (broad SMARTS) is 1. The van der Waals surface area contributed by atoms with Crippen molar-refractivity contribution in [2.75, 3.05) is 5.32 Å². The first-order valence-electron chi connectivity index (χ1n) is 6.36. The summed E-state index contributed by atoms with van der Waals surface area (Å²) in [6.45, 7) is 3.89. The van der Waals surface area contributed by atoms with E-state index in [4.69, 9.17) is 5.11 Å². The first-order chi connectivity index (χ1) is 8.54. The Morgan fingerprint density at radius 1 is 1.22 bits per heavy atom. The molecule has 5 heteroatoms. The van der Waals surface area contributed by atoms with Gasteiger partial charge in [-0.3, -0.25) is 4.79 Å². The van der Waals surface area contributed by atoms with Gasteiger partial charge in [0.2, 0.25) is 5.95 Å². The highest BCUT2D eigenvalue weighted by molar-refractivity contribution is 5.70. The van der Waals surface area contributed by atoms with Gasteiger partial charge in [0, 0.05) is 17.4 Å². The van der Waals surface area contributed by atoms with Crippen LogP contribution in [0.5, 0.6) is 0 Å². The zero-order valence-electron chi connectivity index (χ0n) is 10.8. The van der Waals surface area contributed by atoms with Gasteiger partial charge < -0.3 is 10.4 Å². The van der Waals surface area contributed by atoms with Gasteiger partial charge in [0.15, 0.2) is 0 Å². The summed E-state index contributed by atoms with van der Waals surface area (Å²) in [6, 6.07) is 2.23. The number of carbonyl (C=O) groups is 1. The molecule has 1 saturated carbocycles. The minimum Gasteiger partial charge on any atom is -0.481 e. The fourth-order valence-corrected chi connectivity index (χ4v) is 2.46. The molecule has 98 valence electrons. The van der Waals surface area contributed by atoms with Crippen LogP contribution in [0.2, 0.25) is 0 Å². The number of rotatable bonds is 3. The van der Waals surface area contributed by atoms with Crippen molar-refractivity contribution in [1.82, 2.24) is 9.97 Å². The lowest BCUT2D eigenvalue weighted by Gasteiger charge is -2.26. The van der Waals surface area contributed by atoms with Crippen molar-refractivity contribution in [1.29, 1.82) is 0 Å². The molecule has 1 aromatic heterocycles. The molecular weight excluding hydrogens is 230 g/mol. The van der Waals surface area contributed by atoms with Gasteiger partial charge in [0.25, 0.3) is 0 Å². The van der Waals surface area contributed by atoms with Crippen LogP contribution in [-0.4, -0.2) is 27.1 Å². The Morgan fingerprint density at radius 2 is 1.78 bits per heavy atom. The molecule has 0 amide bonds. The zero-order valence-corrected chi connectivity index (χ0v) is 10.8. The van der Waals surface area contributed by atoms with Crippen LogP contribution in [0.25, 0.3) is 0 Å². The number of nitrogens with one attached hydrogen (secondary N) is 1. The summed E-state index contributed by atoms with van der Waals surface area (Å²) < 4.78 is 0. The third-order valence-electron chi connectivity index (χ3n) is 3.39. The van der Waals surface area contributed by atoms with Gasteiger partial charge in [-0.2, -0.15) is 0 Å². The van der Waals surface area contributed by atoms with E-state index in [9.17, 15) is 4.79 Å². The molecule has 2 N–H and O–H groups in total. The summed E-state index contributed by atoms with van der Waals surface area (Å²) in [5, 5.41) is 12.2. The molecule has 0 unspecified atom stereocenters. The summed E-state index contributed by atoms with van der Waals surface area (Å²) >= 11 is 0. The highest BCUT2D eigenvalue weighted by Crippen LogP contribution is 2.26. The largest absolute Gasteiger partial charge is 0.481 e. The van der Waals surface area contributed by atoms with E-state index in [0.29, 0.717) is 12.0 Å². The molecule has 0 aliphatic heterocycles. The second-order valence-electron chi connectivity index (χ2n) is 5.01. The van der Waals surface area contributed by atoms with Crippen molar-refractivity contribution in [3.05, 3.63) is 17.5 Å². The number of aryl methyl sites for hydroxylation is 2. The van der Waals surface area contributed by atoms with E-state index in [0.717, 1.165) is 37.1 Å². The number of anilines is 1. The van der Waals surface area contributed by atoms with Crippen LogP contribution in [0, 0.1) is 19.8 Å². The molecule has 1 aromatic rings. The van der Waals surface area contributed by atoms with Gasteiger partial charge in [-0.05, 0) is 45.6 Å². The molecule has 0 saturated heterocycles. The topological polar surface area (TPSA) is 75.1 Å². The van der Waals surface area contributed by atoms with Crippen molar-refractivity contribution in [3.8, 4) is 0 Å². The first kappa shape index (κ1) is 12.8. The Balaban J connectivity index is 1.93. The van der Waals surface area contributed by atoms with Crippen molar-refractivity contribution in [2.45, 2.75) is 45.6 Å². The third-order valence-corrected chi connectivity index (χ3v) is 3.39. The molecule has 0 spiro atoms. The Morgan fingerprint density at radius 3 is 2.28 bits per heavy atom. The molecule has 1 aliphatic rings. The van der Waals surface area contributed by atoms with Crippen molar-refractivity contribution in [2.24, 2.45) is 5.92 Å². The fourth-order valence-electron chi connectivity index (χ4n) is 2.46. The maximum Gasteiger partial charge on any atom is 0.306 e. The average Bonchev–Trinajstić information content (AvgIpc) is 2.28. The van der Waals surface area contributed by atoms with E-state index in [2.05, 4.69) is 15.3 Å². The second-order valence-corrected chi connectivity index (χ2v) is 5.01. The highest BCUT2D eigenvalue weighted by Gasteiger charge is 2.26. The van der Waals surface area contributed by atoms with Crippen LogP contribution in [0.15, 0.2) is 6.07 Å². The Kier molecular flexibility index (Phi) is 3.79. The number of carboxylic acids is 1. The van der Waals surface area contributed by atoms with Gasteiger partial charge in [-0.25, -0.2) is 9.97 Å². The Labute approximate surface area is 107 Å². The number of hydrogen-bond acceptors (Lipinski definition) is 4. The van der Waals surface area contributed by atoms with Crippen molar-refractivity contribution >= 4 is 11.9 Å². The maximum absolute atomic E-state index is 10.9. The number of aromatic nitrogens is 2. The minimum absolute atomic E-state index is 0.178. The van der Waals surface area contributed by atoms with E-state index < -0.39 is 5.97 Å². The smallest absolute Gasteiger partial charge is 0.306 e. The maximum atomic E-state index is 10.9. The predicted molar refractivity (Wildman–Crippen MR) is 68.5 cm³/mol. The summed E-state index contributed by atoms with van der Waals surface area (Å²) in [4.78, 5) is 19.6. The van der Waals surface area contributed by atoms with Crippen LogP contribution in [0.4, 0.5) is 5.95 Å². The van der Waals surface area contributed by atoms with Gasteiger partial charge >= 0.3 is 5.97 Å². The molecular formula is C13H19N3O2. The molecule has 1 heterocycles. The minimum atomic E-state index is -0.670. The second kappa shape index (κ2) is 5.33. The molecule has 0 atom stereocenters. The molecule has 0 aromatic carbocycles. The van der Waals surface area contributed by atoms with Crippen LogP contribution in [-0.2, 0) is 4.79 Å².